The van der Waals surface area contributed by atoms with Gasteiger partial charge < -0.3 is 5.11 Å². The molecule has 2 aromatic carbocycles. The predicted molar refractivity (Wildman–Crippen MR) is 87.1 cm³/mol. The van der Waals surface area contributed by atoms with Crippen LogP contribution in [0.1, 0.15) is 5.56 Å². The Hall–Kier alpha value is -1.69. The quantitative estimate of drug-likeness (QED) is 0.853. The smallest absolute Gasteiger partial charge is 0.0688 e. The van der Waals surface area contributed by atoms with Gasteiger partial charge in [-0.05, 0) is 24.1 Å². The van der Waals surface area contributed by atoms with E-state index in [9.17, 15) is 5.11 Å². The van der Waals surface area contributed by atoms with E-state index in [2.05, 4.69) is 66.8 Å². The molecule has 1 aliphatic rings. The van der Waals surface area contributed by atoms with E-state index in [4.69, 9.17) is 0 Å². The molecule has 2 heteroatoms. The molecule has 0 aromatic heterocycles. The summed E-state index contributed by atoms with van der Waals surface area (Å²) in [5, 5.41) is 12.3. The van der Waals surface area contributed by atoms with Gasteiger partial charge in [0.2, 0.25) is 0 Å². The molecule has 20 heavy (non-hydrogen) atoms. The Labute approximate surface area is 121 Å². The number of aliphatic hydroxyl groups is 1. The summed E-state index contributed by atoms with van der Waals surface area (Å²) in [5.74, 6) is 0. The predicted octanol–water partition coefficient (Wildman–Crippen LogP) is 3.11. The number of allylic oxidation sites excluding steroid dienone is 4. The van der Waals surface area contributed by atoms with E-state index in [1.54, 1.807) is 0 Å². The zero-order valence-electron chi connectivity index (χ0n) is 11.2. The molecule has 0 fully saturated rings. The van der Waals surface area contributed by atoms with Gasteiger partial charge in [-0.2, -0.15) is 0 Å². The van der Waals surface area contributed by atoms with E-state index in [1.165, 1.54) is 10.6 Å². The monoisotopic (exact) mass is 280 g/mol. The van der Waals surface area contributed by atoms with Crippen molar-refractivity contribution in [3.63, 3.8) is 0 Å². The summed E-state index contributed by atoms with van der Waals surface area (Å²) >= 11 is 0. The average molecular weight is 280 g/mol. The molecule has 1 atom stereocenters. The van der Waals surface area contributed by atoms with Crippen molar-refractivity contribution >= 4 is 18.5 Å². The van der Waals surface area contributed by atoms with E-state index in [0.717, 1.165) is 5.56 Å². The Balaban J connectivity index is 2.10. The molecule has 0 heterocycles. The fourth-order valence-electron chi connectivity index (χ4n) is 2.53. The summed E-state index contributed by atoms with van der Waals surface area (Å²) in [7, 11) is -0.512. The number of hydrogen-bond donors (Lipinski definition) is 1. The van der Waals surface area contributed by atoms with Crippen molar-refractivity contribution < 1.29 is 5.11 Å². The third-order valence-electron chi connectivity index (χ3n) is 3.48. The van der Waals surface area contributed by atoms with Crippen LogP contribution in [0.25, 0.3) is 0 Å². The zero-order valence-corrected chi connectivity index (χ0v) is 12.1. The van der Waals surface area contributed by atoms with Crippen LogP contribution in [0, 0.1) is 0 Å². The molecule has 0 saturated carbocycles. The minimum absolute atomic E-state index is 0.0992. The van der Waals surface area contributed by atoms with E-state index >= 15 is 0 Å². The molecule has 1 nitrogen and oxygen atoms in total. The maximum Gasteiger partial charge on any atom is 0.0688 e. The molecule has 1 unspecified atom stereocenters. The van der Waals surface area contributed by atoms with Gasteiger partial charge in [0.05, 0.1) is 6.61 Å². The largest absolute Gasteiger partial charge is 0.392 e. The van der Waals surface area contributed by atoms with Crippen LogP contribution in [-0.2, 0) is 6.61 Å². The van der Waals surface area contributed by atoms with Gasteiger partial charge in [-0.1, -0.05) is 78.9 Å². The van der Waals surface area contributed by atoms with Crippen molar-refractivity contribution in [3.8, 4) is 0 Å². The van der Waals surface area contributed by atoms with E-state index in [-0.39, 0.29) is 6.61 Å². The lowest BCUT2D eigenvalue weighted by Gasteiger charge is -2.25. The third-order valence-corrected chi connectivity index (χ3v) is 6.23. The minimum atomic E-state index is -0.512. The standard InChI is InChI=1S/C18H17OP/c19-14-15-8-4-7-13-18(15)20(17-11-5-6-12-17)16-9-2-1-3-10-16/h1-13,17,19H,14H2. The van der Waals surface area contributed by atoms with Gasteiger partial charge in [0.15, 0.2) is 0 Å². The first kappa shape index (κ1) is 13.3. The van der Waals surface area contributed by atoms with E-state index in [1.807, 2.05) is 12.1 Å². The van der Waals surface area contributed by atoms with Gasteiger partial charge in [-0.3, -0.25) is 0 Å². The van der Waals surface area contributed by atoms with Crippen molar-refractivity contribution in [1.29, 1.82) is 0 Å². The van der Waals surface area contributed by atoms with Crippen LogP contribution < -0.4 is 10.6 Å². The summed E-state index contributed by atoms with van der Waals surface area (Å²) in [4.78, 5) is 0. The van der Waals surface area contributed by atoms with Crippen molar-refractivity contribution in [2.75, 3.05) is 0 Å². The van der Waals surface area contributed by atoms with Crippen molar-refractivity contribution in [1.82, 2.24) is 0 Å². The lowest BCUT2D eigenvalue weighted by Crippen LogP contribution is -2.21. The fourth-order valence-corrected chi connectivity index (χ4v) is 5.21. The topological polar surface area (TPSA) is 20.2 Å². The Morgan fingerprint density at radius 3 is 2.20 bits per heavy atom. The van der Waals surface area contributed by atoms with Gasteiger partial charge in [0.1, 0.15) is 0 Å². The fraction of sp³-hybridized carbons (Fsp3) is 0.111. The molecule has 0 amide bonds. The highest BCUT2D eigenvalue weighted by Crippen LogP contribution is 2.43. The van der Waals surface area contributed by atoms with Crippen LogP contribution in [0.4, 0.5) is 0 Å². The molecular weight excluding hydrogens is 263 g/mol. The SMILES string of the molecule is OCc1ccccc1P(c1ccccc1)C1C=CC=C1. The van der Waals surface area contributed by atoms with Crippen LogP contribution >= 0.6 is 7.92 Å². The second-order valence-corrected chi connectivity index (χ2v) is 7.09. The second-order valence-electron chi connectivity index (χ2n) is 4.75. The molecule has 1 aliphatic carbocycles. The Kier molecular flexibility index (Phi) is 4.11. The maximum atomic E-state index is 9.63. The first-order valence-electron chi connectivity index (χ1n) is 6.78. The van der Waals surface area contributed by atoms with Gasteiger partial charge in [-0.25, -0.2) is 0 Å². The maximum absolute atomic E-state index is 9.63. The lowest BCUT2D eigenvalue weighted by molar-refractivity contribution is 0.283. The zero-order chi connectivity index (χ0) is 13.8. The van der Waals surface area contributed by atoms with Crippen molar-refractivity contribution in [3.05, 3.63) is 84.5 Å². The lowest BCUT2D eigenvalue weighted by atomic mass is 10.2. The van der Waals surface area contributed by atoms with Crippen LogP contribution in [0.5, 0.6) is 0 Å². The van der Waals surface area contributed by atoms with Gasteiger partial charge in [0, 0.05) is 5.66 Å². The number of rotatable bonds is 4. The van der Waals surface area contributed by atoms with Crippen molar-refractivity contribution in [2.24, 2.45) is 0 Å². The molecule has 1 N–H and O–H groups in total. The molecule has 0 saturated heterocycles. The molecule has 0 spiro atoms. The number of benzene rings is 2. The van der Waals surface area contributed by atoms with Gasteiger partial charge in [-0.15, -0.1) is 0 Å². The molecule has 0 bridgehead atoms. The summed E-state index contributed by atoms with van der Waals surface area (Å²) in [5.41, 5.74) is 1.45. The van der Waals surface area contributed by atoms with E-state index < -0.39 is 7.92 Å². The molecule has 100 valence electrons. The second kappa shape index (κ2) is 6.17. The molecule has 3 rings (SSSR count). The highest BCUT2D eigenvalue weighted by atomic mass is 31.1. The Morgan fingerprint density at radius 2 is 1.50 bits per heavy atom. The third kappa shape index (κ3) is 2.60. The van der Waals surface area contributed by atoms with Crippen LogP contribution in [-0.4, -0.2) is 10.8 Å². The normalized spacial score (nSPS) is 15.7. The highest BCUT2D eigenvalue weighted by Gasteiger charge is 2.23. The summed E-state index contributed by atoms with van der Waals surface area (Å²) in [6.45, 7) is 0.0992. The molecule has 0 aliphatic heterocycles. The Bertz CT molecular complexity index is 619. The number of aliphatic hydroxyl groups excluding tert-OH is 1. The van der Waals surface area contributed by atoms with Crippen LogP contribution in [0.15, 0.2) is 78.9 Å². The average Bonchev–Trinajstić information content (AvgIpc) is 3.03. The summed E-state index contributed by atoms with van der Waals surface area (Å²) < 4.78 is 0. The summed E-state index contributed by atoms with van der Waals surface area (Å²) in [6, 6.07) is 18.9. The number of hydrogen-bond acceptors (Lipinski definition) is 1. The van der Waals surface area contributed by atoms with Crippen LogP contribution in [0.3, 0.4) is 0 Å². The van der Waals surface area contributed by atoms with Gasteiger partial charge >= 0.3 is 0 Å². The first-order valence-corrected chi connectivity index (χ1v) is 8.19. The minimum Gasteiger partial charge on any atom is -0.392 e. The summed E-state index contributed by atoms with van der Waals surface area (Å²) in [6.07, 6.45) is 8.74. The van der Waals surface area contributed by atoms with E-state index in [0.29, 0.717) is 5.66 Å². The molecular formula is C18H17OP. The Morgan fingerprint density at radius 1 is 0.850 bits per heavy atom. The molecule has 2 aromatic rings. The van der Waals surface area contributed by atoms with Crippen LogP contribution in [0.2, 0.25) is 0 Å². The first-order chi connectivity index (χ1) is 9.90. The van der Waals surface area contributed by atoms with Crippen molar-refractivity contribution in [2.45, 2.75) is 12.3 Å². The molecule has 0 radical (unpaired) electrons. The van der Waals surface area contributed by atoms with Gasteiger partial charge in [0.25, 0.3) is 0 Å². The highest BCUT2D eigenvalue weighted by molar-refractivity contribution is 7.74.